The Labute approximate surface area is 276 Å². The van der Waals surface area contributed by atoms with Crippen LogP contribution < -0.4 is 16.4 Å². The third-order valence-electron chi connectivity index (χ3n) is 9.07. The number of aryl methyl sites for hydroxylation is 1. The molecule has 0 saturated heterocycles. The first-order valence-electron chi connectivity index (χ1n) is 16.0. The zero-order valence-corrected chi connectivity index (χ0v) is 25.9. The van der Waals surface area contributed by atoms with Gasteiger partial charge in [-0.25, -0.2) is 15.0 Å². The van der Waals surface area contributed by atoms with Crippen molar-refractivity contribution in [2.24, 2.45) is 5.92 Å². The van der Waals surface area contributed by atoms with Gasteiger partial charge in [-0.05, 0) is 91.4 Å². The fraction of sp³-hybridized carbons (Fsp3) is 0.158. The van der Waals surface area contributed by atoms with E-state index in [4.69, 9.17) is 15.7 Å². The molecule has 3 heterocycles. The van der Waals surface area contributed by atoms with Crippen molar-refractivity contribution < 1.29 is 14.4 Å². The van der Waals surface area contributed by atoms with E-state index in [1.807, 2.05) is 71.3 Å². The number of nitrogens with one attached hydrogen (secondary N) is 2. The number of carbonyl (C=O) groups excluding carboxylic acids is 3. The molecule has 10 heteroatoms. The first-order chi connectivity index (χ1) is 23.5. The van der Waals surface area contributed by atoms with Crippen LogP contribution in [0.1, 0.15) is 57.1 Å². The van der Waals surface area contributed by atoms with Gasteiger partial charge >= 0.3 is 0 Å². The van der Waals surface area contributed by atoms with Crippen LogP contribution in [0.15, 0.2) is 97.2 Å². The monoisotopic (exact) mass is 633 g/mol. The number of amides is 2. The number of benzene rings is 3. The Hall–Kier alpha value is -6.16. The lowest BCUT2D eigenvalue weighted by atomic mass is 10.1. The Kier molecular flexibility index (Phi) is 7.25. The number of aldehydes is 1. The first-order valence-corrected chi connectivity index (χ1v) is 16.0. The Morgan fingerprint density at radius 1 is 0.896 bits per heavy atom. The summed E-state index contributed by atoms with van der Waals surface area (Å²) >= 11 is 0. The minimum atomic E-state index is -0.285. The molecule has 0 bridgehead atoms. The van der Waals surface area contributed by atoms with E-state index in [0.717, 1.165) is 59.3 Å². The summed E-state index contributed by atoms with van der Waals surface area (Å²) in [5.41, 5.74) is 14.4. The Bertz CT molecular complexity index is 2240. The van der Waals surface area contributed by atoms with Crippen molar-refractivity contribution in [2.45, 2.75) is 31.7 Å². The molecule has 0 spiro atoms. The second-order valence-electron chi connectivity index (χ2n) is 12.2. The second kappa shape index (κ2) is 11.9. The number of hydrogen-bond donors (Lipinski definition) is 3. The Morgan fingerprint density at radius 2 is 1.75 bits per heavy atom. The molecule has 4 N–H and O–H groups in total. The van der Waals surface area contributed by atoms with Gasteiger partial charge in [0, 0.05) is 34.5 Å². The van der Waals surface area contributed by atoms with Crippen LogP contribution in [0.4, 0.5) is 11.5 Å². The van der Waals surface area contributed by atoms with Crippen molar-refractivity contribution in [1.29, 1.82) is 0 Å². The zero-order chi connectivity index (χ0) is 32.8. The summed E-state index contributed by atoms with van der Waals surface area (Å²) in [5.74, 6) is 0.638. The number of nitrogen functional groups attached to an aromatic ring is 1. The maximum absolute atomic E-state index is 13.4. The van der Waals surface area contributed by atoms with E-state index in [9.17, 15) is 14.4 Å². The minimum absolute atomic E-state index is 0.00557. The van der Waals surface area contributed by atoms with Crippen LogP contribution in [0.25, 0.3) is 39.5 Å². The third-order valence-corrected chi connectivity index (χ3v) is 9.07. The highest BCUT2D eigenvalue weighted by atomic mass is 16.2. The summed E-state index contributed by atoms with van der Waals surface area (Å²) in [7, 11) is 0. The van der Waals surface area contributed by atoms with Crippen LogP contribution in [0.2, 0.25) is 0 Å². The number of nitrogens with two attached hydrogens (primary N) is 1. The molecule has 1 saturated carbocycles. The zero-order valence-electron chi connectivity index (χ0n) is 25.9. The molecule has 8 rings (SSSR count). The summed E-state index contributed by atoms with van der Waals surface area (Å²) in [5, 5.41) is 5.96. The smallest absolute Gasteiger partial charge is 0.251 e. The van der Waals surface area contributed by atoms with Crippen molar-refractivity contribution >= 4 is 40.8 Å². The van der Waals surface area contributed by atoms with Gasteiger partial charge in [-0.15, -0.1) is 0 Å². The van der Waals surface area contributed by atoms with Gasteiger partial charge in [-0.3, -0.25) is 19.0 Å². The van der Waals surface area contributed by atoms with Crippen molar-refractivity contribution in [3.8, 4) is 28.3 Å². The van der Waals surface area contributed by atoms with Gasteiger partial charge in [0.25, 0.3) is 5.91 Å². The maximum Gasteiger partial charge on any atom is 0.251 e. The molecule has 2 amide bonds. The van der Waals surface area contributed by atoms with E-state index in [-0.39, 0.29) is 29.3 Å². The lowest BCUT2D eigenvalue weighted by Gasteiger charge is -2.16. The van der Waals surface area contributed by atoms with Crippen LogP contribution in [-0.4, -0.2) is 37.6 Å². The lowest BCUT2D eigenvalue weighted by molar-refractivity contribution is -0.117. The van der Waals surface area contributed by atoms with Gasteiger partial charge < -0.3 is 16.4 Å². The predicted molar refractivity (Wildman–Crippen MR) is 184 cm³/mol. The topological polar surface area (TPSA) is 145 Å². The molecular weight excluding hydrogens is 602 g/mol. The first kappa shape index (κ1) is 29.3. The number of fused-ring (bicyclic) bond motifs is 2. The molecule has 2 aliphatic carbocycles. The van der Waals surface area contributed by atoms with Crippen molar-refractivity contribution in [2.75, 3.05) is 11.1 Å². The number of anilines is 2. The highest BCUT2D eigenvalue weighted by molar-refractivity contribution is 6.01. The van der Waals surface area contributed by atoms with Gasteiger partial charge in [0.05, 0.1) is 23.0 Å². The van der Waals surface area contributed by atoms with E-state index < -0.39 is 0 Å². The van der Waals surface area contributed by atoms with E-state index in [1.54, 1.807) is 18.3 Å². The normalized spacial score (nSPS) is 15.2. The van der Waals surface area contributed by atoms with Gasteiger partial charge in [-0.1, -0.05) is 36.4 Å². The fourth-order valence-corrected chi connectivity index (χ4v) is 6.39. The van der Waals surface area contributed by atoms with Crippen LogP contribution in [0, 0.1) is 5.92 Å². The molecule has 0 aliphatic heterocycles. The minimum Gasteiger partial charge on any atom is -0.383 e. The molecule has 48 heavy (non-hydrogen) atoms. The number of hydrogen-bond acceptors (Lipinski definition) is 7. The molecule has 2 aliphatic rings. The van der Waals surface area contributed by atoms with Crippen LogP contribution >= 0.6 is 0 Å². The number of rotatable bonds is 8. The number of pyridine rings is 2. The average Bonchev–Trinajstić information content (AvgIpc) is 3.81. The van der Waals surface area contributed by atoms with Gasteiger partial charge in [0.15, 0.2) is 17.8 Å². The van der Waals surface area contributed by atoms with Crippen LogP contribution in [0.3, 0.4) is 0 Å². The lowest BCUT2D eigenvalue weighted by Crippen LogP contribution is -2.27. The summed E-state index contributed by atoms with van der Waals surface area (Å²) < 4.78 is 2.02. The molecule has 0 unspecified atom stereocenters. The standard InChI is InChI=1S/C38H31N7O3/c39-34-29(7-4-18-40-34)35-42-33-17-16-30(22-5-2-1-3-6-22)41-36(33)45(35)27-12-13-28-24(20-27)10-15-32(28)44-38(48)25-11-14-31(26(19-25)21-46)43-37(47)23-8-9-23/h1-7,11-14,16-21,23,32H,8-10,15H2,(H2,39,40)(H,43,47)(H,44,48)/t32-/m0/s1. The SMILES string of the molecule is Nc1ncccc1-c1nc2ccc(-c3ccccc3)nc2n1-c1ccc2c(c1)CC[C@@H]2NC(=O)c1ccc(NC(=O)C2CC2)c(C=O)c1. The molecule has 1 atom stereocenters. The van der Waals surface area contributed by atoms with E-state index in [0.29, 0.717) is 40.4 Å². The summed E-state index contributed by atoms with van der Waals surface area (Å²) in [4.78, 5) is 51.7. The van der Waals surface area contributed by atoms with Crippen LogP contribution in [0.5, 0.6) is 0 Å². The molecule has 6 aromatic rings. The van der Waals surface area contributed by atoms with Crippen LogP contribution in [-0.2, 0) is 11.2 Å². The van der Waals surface area contributed by atoms with E-state index in [1.165, 1.54) is 6.07 Å². The molecule has 10 nitrogen and oxygen atoms in total. The Balaban J connectivity index is 1.11. The number of nitrogens with zero attached hydrogens (tertiary/aromatic N) is 4. The van der Waals surface area contributed by atoms with E-state index >= 15 is 0 Å². The molecule has 236 valence electrons. The van der Waals surface area contributed by atoms with Gasteiger partial charge in [-0.2, -0.15) is 0 Å². The fourth-order valence-electron chi connectivity index (χ4n) is 6.39. The molecule has 3 aromatic heterocycles. The maximum atomic E-state index is 13.4. The van der Waals surface area contributed by atoms with Crippen molar-refractivity contribution in [3.63, 3.8) is 0 Å². The molecule has 1 fully saturated rings. The van der Waals surface area contributed by atoms with Crippen molar-refractivity contribution in [3.05, 3.63) is 119 Å². The molecular formula is C38H31N7O3. The highest BCUT2D eigenvalue weighted by Gasteiger charge is 2.30. The Morgan fingerprint density at radius 3 is 2.54 bits per heavy atom. The molecule has 0 radical (unpaired) electrons. The number of aromatic nitrogens is 4. The summed E-state index contributed by atoms with van der Waals surface area (Å²) in [6.45, 7) is 0. The average molecular weight is 634 g/mol. The third kappa shape index (κ3) is 5.37. The van der Waals surface area contributed by atoms with Gasteiger partial charge in [0.2, 0.25) is 5.91 Å². The largest absolute Gasteiger partial charge is 0.383 e. The quantitative estimate of drug-likeness (QED) is 0.167. The highest BCUT2D eigenvalue weighted by Crippen LogP contribution is 2.37. The molecule has 3 aromatic carbocycles. The van der Waals surface area contributed by atoms with Gasteiger partial charge in [0.1, 0.15) is 11.3 Å². The number of carbonyl (C=O) groups is 3. The van der Waals surface area contributed by atoms with E-state index in [2.05, 4.69) is 21.7 Å². The van der Waals surface area contributed by atoms with Crippen molar-refractivity contribution in [1.82, 2.24) is 24.8 Å². The summed E-state index contributed by atoms with van der Waals surface area (Å²) in [6, 6.07) is 28.4. The number of imidazole rings is 1. The predicted octanol–water partition coefficient (Wildman–Crippen LogP) is 6.31. The second-order valence-corrected chi connectivity index (χ2v) is 12.2. The summed E-state index contributed by atoms with van der Waals surface area (Å²) in [6.07, 6.45) is 5.53.